The fourth-order valence-corrected chi connectivity index (χ4v) is 2.79. The van der Waals surface area contributed by atoms with E-state index in [-0.39, 0.29) is 6.10 Å². The summed E-state index contributed by atoms with van der Waals surface area (Å²) >= 11 is 1.63. The van der Waals surface area contributed by atoms with Crippen LogP contribution in [0.15, 0.2) is 60.0 Å². The molecule has 0 aliphatic carbocycles. The molecule has 0 spiro atoms. The third-order valence-corrected chi connectivity index (χ3v) is 4.04. The van der Waals surface area contributed by atoms with E-state index < -0.39 is 0 Å². The van der Waals surface area contributed by atoms with Crippen molar-refractivity contribution in [3.05, 3.63) is 65.0 Å². The average Bonchev–Trinajstić information content (AvgIpc) is 3.04. The van der Waals surface area contributed by atoms with Crippen LogP contribution in [0.1, 0.15) is 18.9 Å². The third-order valence-electron chi connectivity index (χ3n) is 3.22. The van der Waals surface area contributed by atoms with Gasteiger partial charge in [-0.1, -0.05) is 18.2 Å². The van der Waals surface area contributed by atoms with E-state index in [9.17, 15) is 0 Å². The van der Waals surface area contributed by atoms with Gasteiger partial charge in [0.1, 0.15) is 16.5 Å². The number of rotatable bonds is 6. The maximum absolute atomic E-state index is 5.80. The first-order chi connectivity index (χ1) is 11.2. The lowest BCUT2D eigenvalue weighted by Crippen LogP contribution is -2.01. The highest BCUT2D eigenvalue weighted by atomic mass is 32.1. The van der Waals surface area contributed by atoms with Gasteiger partial charge in [-0.2, -0.15) is 0 Å². The molecule has 0 atom stereocenters. The second-order valence-electron chi connectivity index (χ2n) is 5.43. The number of thiazole rings is 1. The van der Waals surface area contributed by atoms with Gasteiger partial charge in [-0.3, -0.25) is 0 Å². The first-order valence-electron chi connectivity index (χ1n) is 7.60. The van der Waals surface area contributed by atoms with Gasteiger partial charge in [-0.25, -0.2) is 4.98 Å². The minimum Gasteiger partial charge on any atom is -0.457 e. The van der Waals surface area contributed by atoms with Gasteiger partial charge in [-0.05, 0) is 50.2 Å². The molecular formula is C19H19NO2S. The highest BCUT2D eigenvalue weighted by molar-refractivity contribution is 7.09. The van der Waals surface area contributed by atoms with Gasteiger partial charge in [0.25, 0.3) is 0 Å². The van der Waals surface area contributed by atoms with Crippen molar-refractivity contribution in [2.45, 2.75) is 26.6 Å². The van der Waals surface area contributed by atoms with Crippen molar-refractivity contribution in [2.75, 3.05) is 0 Å². The van der Waals surface area contributed by atoms with E-state index >= 15 is 0 Å². The molecule has 0 radical (unpaired) electrons. The van der Waals surface area contributed by atoms with Gasteiger partial charge in [-0.15, -0.1) is 11.3 Å². The summed E-state index contributed by atoms with van der Waals surface area (Å²) < 4.78 is 11.4. The van der Waals surface area contributed by atoms with Gasteiger partial charge in [0.15, 0.2) is 0 Å². The van der Waals surface area contributed by atoms with Crippen LogP contribution in [0.3, 0.4) is 0 Å². The van der Waals surface area contributed by atoms with Crippen molar-refractivity contribution in [1.29, 1.82) is 0 Å². The summed E-state index contributed by atoms with van der Waals surface area (Å²) in [6.07, 6.45) is 0.219. The smallest absolute Gasteiger partial charge is 0.127 e. The monoisotopic (exact) mass is 325 g/mol. The lowest BCUT2D eigenvalue weighted by atomic mass is 10.2. The number of hydrogen-bond acceptors (Lipinski definition) is 4. The predicted octanol–water partition coefficient (Wildman–Crippen LogP) is 5.53. The van der Waals surface area contributed by atoms with E-state index in [2.05, 4.69) is 10.4 Å². The Labute approximate surface area is 140 Å². The first-order valence-corrected chi connectivity index (χ1v) is 8.48. The van der Waals surface area contributed by atoms with Gasteiger partial charge < -0.3 is 9.47 Å². The summed E-state index contributed by atoms with van der Waals surface area (Å²) in [5.41, 5.74) is 2.06. The molecule has 0 unspecified atom stereocenters. The maximum atomic E-state index is 5.80. The Morgan fingerprint density at radius 2 is 1.65 bits per heavy atom. The minimum absolute atomic E-state index is 0.219. The summed E-state index contributed by atoms with van der Waals surface area (Å²) in [6, 6.07) is 17.8. The van der Waals surface area contributed by atoms with Crippen molar-refractivity contribution < 1.29 is 9.47 Å². The maximum Gasteiger partial charge on any atom is 0.127 e. The molecule has 0 fully saturated rings. The summed E-state index contributed by atoms with van der Waals surface area (Å²) in [5, 5.41) is 3.06. The normalized spacial score (nSPS) is 10.9. The Hall–Kier alpha value is -2.17. The van der Waals surface area contributed by atoms with Crippen molar-refractivity contribution in [3.63, 3.8) is 0 Å². The molecule has 0 amide bonds. The predicted molar refractivity (Wildman–Crippen MR) is 94.0 cm³/mol. The highest BCUT2D eigenvalue weighted by Crippen LogP contribution is 2.27. The molecule has 3 aromatic rings. The van der Waals surface area contributed by atoms with Crippen LogP contribution in [0.4, 0.5) is 0 Å². The molecule has 1 heterocycles. The van der Waals surface area contributed by atoms with E-state index in [0.29, 0.717) is 6.61 Å². The SMILES string of the molecule is CC(C)OCc1nc(-c2ccc(Oc3ccccc3)cc2)cs1. The second kappa shape index (κ2) is 7.40. The van der Waals surface area contributed by atoms with E-state index in [1.54, 1.807) is 11.3 Å². The summed E-state index contributed by atoms with van der Waals surface area (Å²) in [5.74, 6) is 1.65. The van der Waals surface area contributed by atoms with Gasteiger partial charge in [0.05, 0.1) is 18.4 Å². The van der Waals surface area contributed by atoms with Crippen molar-refractivity contribution in [1.82, 2.24) is 4.98 Å². The van der Waals surface area contributed by atoms with Crippen LogP contribution in [0.25, 0.3) is 11.3 Å². The average molecular weight is 325 g/mol. The Bertz CT molecular complexity index is 736. The Morgan fingerprint density at radius 1 is 0.957 bits per heavy atom. The molecule has 0 N–H and O–H groups in total. The molecule has 118 valence electrons. The Kier molecular flexibility index (Phi) is 5.05. The molecule has 0 saturated heterocycles. The van der Waals surface area contributed by atoms with E-state index in [1.165, 1.54) is 0 Å². The standard InChI is InChI=1S/C19H19NO2S/c1-14(2)21-12-19-20-18(13-23-19)15-8-10-17(11-9-15)22-16-6-4-3-5-7-16/h3-11,13-14H,12H2,1-2H3. The molecule has 23 heavy (non-hydrogen) atoms. The lowest BCUT2D eigenvalue weighted by molar-refractivity contribution is 0.0656. The zero-order valence-corrected chi connectivity index (χ0v) is 14.0. The Morgan fingerprint density at radius 3 is 2.35 bits per heavy atom. The molecule has 0 saturated carbocycles. The zero-order valence-electron chi connectivity index (χ0n) is 13.2. The van der Waals surface area contributed by atoms with Crippen LogP contribution >= 0.6 is 11.3 Å². The fraction of sp³-hybridized carbons (Fsp3) is 0.211. The lowest BCUT2D eigenvalue weighted by Gasteiger charge is -2.06. The van der Waals surface area contributed by atoms with E-state index in [0.717, 1.165) is 27.8 Å². The molecule has 1 aromatic heterocycles. The molecule has 2 aromatic carbocycles. The number of aromatic nitrogens is 1. The topological polar surface area (TPSA) is 31.4 Å². The summed E-state index contributed by atoms with van der Waals surface area (Å²) in [4.78, 5) is 4.62. The number of hydrogen-bond donors (Lipinski definition) is 0. The van der Waals surface area contributed by atoms with Gasteiger partial charge >= 0.3 is 0 Å². The molecular weight excluding hydrogens is 306 g/mol. The third kappa shape index (κ3) is 4.41. The quantitative estimate of drug-likeness (QED) is 0.597. The first kappa shape index (κ1) is 15.7. The van der Waals surface area contributed by atoms with Crippen molar-refractivity contribution >= 4 is 11.3 Å². The highest BCUT2D eigenvalue weighted by Gasteiger charge is 2.06. The second-order valence-corrected chi connectivity index (χ2v) is 6.37. The zero-order chi connectivity index (χ0) is 16.1. The van der Waals surface area contributed by atoms with Crippen LogP contribution in [0.2, 0.25) is 0 Å². The number of benzene rings is 2. The molecule has 0 aliphatic rings. The van der Waals surface area contributed by atoms with Gasteiger partial charge in [0, 0.05) is 10.9 Å². The number of ether oxygens (including phenoxy) is 2. The minimum atomic E-state index is 0.219. The largest absolute Gasteiger partial charge is 0.457 e. The van der Waals surface area contributed by atoms with Gasteiger partial charge in [0.2, 0.25) is 0 Å². The van der Waals surface area contributed by atoms with Crippen molar-refractivity contribution in [3.8, 4) is 22.8 Å². The van der Waals surface area contributed by atoms with Crippen LogP contribution < -0.4 is 4.74 Å². The van der Waals surface area contributed by atoms with Crippen LogP contribution in [-0.2, 0) is 11.3 Å². The molecule has 0 bridgehead atoms. The molecule has 3 nitrogen and oxygen atoms in total. The number of para-hydroxylation sites is 1. The molecule has 4 heteroatoms. The number of nitrogens with zero attached hydrogens (tertiary/aromatic N) is 1. The van der Waals surface area contributed by atoms with Crippen LogP contribution in [-0.4, -0.2) is 11.1 Å². The summed E-state index contributed by atoms with van der Waals surface area (Å²) in [6.45, 7) is 4.62. The van der Waals surface area contributed by atoms with Crippen LogP contribution in [0.5, 0.6) is 11.5 Å². The Balaban J connectivity index is 1.67. The molecule has 0 aliphatic heterocycles. The summed E-state index contributed by atoms with van der Waals surface area (Å²) in [7, 11) is 0. The van der Waals surface area contributed by atoms with Crippen molar-refractivity contribution in [2.24, 2.45) is 0 Å². The molecule has 3 rings (SSSR count). The van der Waals surface area contributed by atoms with E-state index in [4.69, 9.17) is 9.47 Å². The fourth-order valence-electron chi connectivity index (χ4n) is 2.07. The van der Waals surface area contributed by atoms with Crippen LogP contribution in [0, 0.1) is 0 Å². The van der Waals surface area contributed by atoms with E-state index in [1.807, 2.05) is 68.4 Å².